The fourth-order valence-corrected chi connectivity index (χ4v) is 0.592. The van der Waals surface area contributed by atoms with E-state index in [1.54, 1.807) is 6.08 Å². The van der Waals surface area contributed by atoms with Crippen molar-refractivity contribution in [2.24, 2.45) is 10.7 Å². The summed E-state index contributed by atoms with van der Waals surface area (Å²) in [6.45, 7) is 1.90. The van der Waals surface area contributed by atoms with Crippen LogP contribution >= 0.6 is 0 Å². The highest BCUT2D eigenvalue weighted by atomic mass is 14.8. The number of allylic oxidation sites excluding steroid dienone is 3. The van der Waals surface area contributed by atoms with E-state index in [-0.39, 0.29) is 6.04 Å². The molecule has 0 saturated heterocycles. The summed E-state index contributed by atoms with van der Waals surface area (Å²) >= 11 is 0. The summed E-state index contributed by atoms with van der Waals surface area (Å²) in [7, 11) is 0. The van der Waals surface area contributed by atoms with Crippen LogP contribution in [-0.4, -0.2) is 12.3 Å². The molecule has 1 aliphatic rings. The van der Waals surface area contributed by atoms with Crippen molar-refractivity contribution >= 4 is 6.21 Å². The second kappa shape index (κ2) is 2.53. The van der Waals surface area contributed by atoms with E-state index < -0.39 is 0 Å². The summed E-state index contributed by atoms with van der Waals surface area (Å²) in [5.74, 6) is 0. The van der Waals surface area contributed by atoms with Gasteiger partial charge in [0.15, 0.2) is 11.9 Å². The molecule has 0 spiro atoms. The molecule has 1 rings (SSSR count). The first-order chi connectivity index (χ1) is 4.30. The van der Waals surface area contributed by atoms with Crippen LogP contribution in [0.4, 0.5) is 0 Å². The van der Waals surface area contributed by atoms with Crippen LogP contribution in [0.1, 0.15) is 6.92 Å². The first-order valence-electron chi connectivity index (χ1n) is 2.89. The molecule has 2 heteroatoms. The highest BCUT2D eigenvalue weighted by Crippen LogP contribution is 2.03. The summed E-state index contributed by atoms with van der Waals surface area (Å²) in [6.07, 6.45) is 8.24. The Hall–Kier alpha value is -0.980. The van der Waals surface area contributed by atoms with Crippen LogP contribution in [-0.2, 0) is 0 Å². The molecule has 9 heavy (non-hydrogen) atoms. The predicted octanol–water partition coefficient (Wildman–Crippen LogP) is 0.735. The molecule has 1 heterocycles. The number of nitrogens with zero attached hydrogens (tertiary/aromatic N) is 1. The molecular weight excluding hydrogens is 112 g/mol. The maximum atomic E-state index is 5.53. The molecule has 0 radical (unpaired) electrons. The molecule has 0 amide bonds. The molecule has 2 N–H and O–H groups in total. The maximum absolute atomic E-state index is 5.53. The monoisotopic (exact) mass is 121 g/mol. The third-order valence-electron chi connectivity index (χ3n) is 1.10. The summed E-state index contributed by atoms with van der Waals surface area (Å²) in [5, 5.41) is 0. The van der Waals surface area contributed by atoms with E-state index >= 15 is 0 Å². The molecule has 1 atom stereocenters. The standard InChI is InChI=1S/C7H9N2/c1-6(8)7-4-2-3-5-9-7/h2-4,6H,8H2,1H3/q+1. The van der Waals surface area contributed by atoms with Crippen molar-refractivity contribution in [2.45, 2.75) is 13.0 Å². The second-order valence-electron chi connectivity index (χ2n) is 1.98. The van der Waals surface area contributed by atoms with E-state index in [1.165, 1.54) is 0 Å². The number of aliphatic imine (C=N–C) groups is 1. The third-order valence-corrected chi connectivity index (χ3v) is 1.10. The van der Waals surface area contributed by atoms with Gasteiger partial charge in [-0.25, -0.2) is 0 Å². The lowest BCUT2D eigenvalue weighted by molar-refractivity contribution is 0.848. The van der Waals surface area contributed by atoms with Crippen molar-refractivity contribution in [3.05, 3.63) is 23.9 Å². The number of hydrogen-bond acceptors (Lipinski definition) is 2. The van der Waals surface area contributed by atoms with Crippen LogP contribution in [0.15, 0.2) is 28.9 Å². The van der Waals surface area contributed by atoms with Gasteiger partial charge >= 0.3 is 0 Å². The van der Waals surface area contributed by atoms with Gasteiger partial charge in [0, 0.05) is 0 Å². The van der Waals surface area contributed by atoms with Crippen LogP contribution < -0.4 is 5.73 Å². The molecule has 0 aliphatic carbocycles. The third kappa shape index (κ3) is 1.46. The molecule has 0 fully saturated rings. The largest absolute Gasteiger partial charge is 0.312 e. The van der Waals surface area contributed by atoms with E-state index in [0.717, 1.165) is 5.70 Å². The number of rotatable bonds is 1. The molecular formula is C7H9N2+. The molecule has 0 saturated carbocycles. The van der Waals surface area contributed by atoms with Crippen molar-refractivity contribution in [2.75, 3.05) is 0 Å². The Bertz CT molecular complexity index is 175. The van der Waals surface area contributed by atoms with Gasteiger partial charge in [0.1, 0.15) is 6.08 Å². The molecule has 1 unspecified atom stereocenters. The minimum Gasteiger partial charge on any atom is -0.312 e. The van der Waals surface area contributed by atoms with Crippen LogP contribution in [0.25, 0.3) is 0 Å². The molecule has 46 valence electrons. The minimum atomic E-state index is 0.0162. The molecule has 0 aromatic heterocycles. The Balaban J connectivity index is 2.72. The van der Waals surface area contributed by atoms with Crippen molar-refractivity contribution in [3.8, 4) is 0 Å². The molecule has 0 aromatic rings. The zero-order valence-electron chi connectivity index (χ0n) is 5.33. The van der Waals surface area contributed by atoms with Gasteiger partial charge in [-0.2, -0.15) is 0 Å². The van der Waals surface area contributed by atoms with Crippen molar-refractivity contribution in [1.82, 2.24) is 0 Å². The van der Waals surface area contributed by atoms with E-state index in [9.17, 15) is 0 Å². The van der Waals surface area contributed by atoms with E-state index in [0.29, 0.717) is 0 Å². The fourth-order valence-electron chi connectivity index (χ4n) is 0.592. The first-order valence-corrected chi connectivity index (χ1v) is 2.89. The van der Waals surface area contributed by atoms with Crippen molar-refractivity contribution in [1.29, 1.82) is 0 Å². The zero-order valence-corrected chi connectivity index (χ0v) is 5.33. The van der Waals surface area contributed by atoms with Crippen molar-refractivity contribution in [3.63, 3.8) is 0 Å². The smallest absolute Gasteiger partial charge is 0.172 e. The van der Waals surface area contributed by atoms with Gasteiger partial charge in [-0.15, -0.1) is 0 Å². The van der Waals surface area contributed by atoms with Crippen LogP contribution in [0.3, 0.4) is 0 Å². The zero-order chi connectivity index (χ0) is 6.69. The van der Waals surface area contributed by atoms with E-state index in [1.807, 2.05) is 19.1 Å². The molecule has 0 aromatic carbocycles. The molecule has 1 aliphatic heterocycles. The summed E-state index contributed by atoms with van der Waals surface area (Å²) in [6, 6.07) is 0.0162. The molecule has 2 nitrogen and oxygen atoms in total. The quantitative estimate of drug-likeness (QED) is 0.510. The average Bonchev–Trinajstić information content (AvgIpc) is 1.90. The Kier molecular flexibility index (Phi) is 1.73. The van der Waals surface area contributed by atoms with Gasteiger partial charge in [-0.3, -0.25) is 0 Å². The minimum absolute atomic E-state index is 0.0162. The highest BCUT2D eigenvalue weighted by molar-refractivity contribution is 5.74. The Morgan fingerprint density at radius 3 is 2.89 bits per heavy atom. The van der Waals surface area contributed by atoms with Crippen LogP contribution in [0, 0.1) is 0 Å². The topological polar surface area (TPSA) is 38.4 Å². The normalized spacial score (nSPS) is 18.7. The van der Waals surface area contributed by atoms with Crippen molar-refractivity contribution < 1.29 is 0 Å². The number of hydrogen-bond donors (Lipinski definition) is 1. The fraction of sp³-hybridized carbons (Fsp3) is 0.286. The predicted molar refractivity (Wildman–Crippen MR) is 38.3 cm³/mol. The Morgan fingerprint density at radius 2 is 2.56 bits per heavy atom. The molecule has 0 bridgehead atoms. The van der Waals surface area contributed by atoms with Crippen LogP contribution in [0.2, 0.25) is 0 Å². The summed E-state index contributed by atoms with van der Waals surface area (Å²) in [5.41, 5.74) is 6.42. The highest BCUT2D eigenvalue weighted by Gasteiger charge is 2.08. The lowest BCUT2D eigenvalue weighted by atomic mass is 10.2. The van der Waals surface area contributed by atoms with E-state index in [4.69, 9.17) is 5.73 Å². The SMILES string of the molecule is CC(N)C1=CC=C[C+]=N1. The van der Waals surface area contributed by atoms with Crippen LogP contribution in [0.5, 0.6) is 0 Å². The number of nitrogens with two attached hydrogens (primary N) is 1. The van der Waals surface area contributed by atoms with E-state index in [2.05, 4.69) is 11.2 Å². The lowest BCUT2D eigenvalue weighted by Gasteiger charge is -1.96. The Morgan fingerprint density at radius 1 is 1.78 bits per heavy atom. The second-order valence-corrected chi connectivity index (χ2v) is 1.98. The average molecular weight is 121 g/mol. The van der Waals surface area contributed by atoms with Gasteiger partial charge < -0.3 is 5.73 Å². The maximum Gasteiger partial charge on any atom is 0.172 e. The van der Waals surface area contributed by atoms with Gasteiger partial charge in [0.25, 0.3) is 0 Å². The Labute approximate surface area is 54.8 Å². The summed E-state index contributed by atoms with van der Waals surface area (Å²) in [4.78, 5) is 3.93. The van der Waals surface area contributed by atoms with Gasteiger partial charge in [-0.1, -0.05) is 4.99 Å². The summed E-state index contributed by atoms with van der Waals surface area (Å²) < 4.78 is 0. The van der Waals surface area contributed by atoms with Gasteiger partial charge in [-0.05, 0) is 6.92 Å². The van der Waals surface area contributed by atoms with Gasteiger partial charge in [0.2, 0.25) is 0 Å². The van der Waals surface area contributed by atoms with Gasteiger partial charge in [0.05, 0.1) is 18.2 Å². The first kappa shape index (κ1) is 6.14. The lowest BCUT2D eigenvalue weighted by Crippen LogP contribution is -2.17.